The Labute approximate surface area is 129 Å². The molecule has 0 saturated carbocycles. The molecule has 1 saturated heterocycles. The summed E-state index contributed by atoms with van der Waals surface area (Å²) in [6.45, 7) is 1.99. The summed E-state index contributed by atoms with van der Waals surface area (Å²) in [5, 5.41) is 8.78. The molecular formula is C16H23NO3S. The summed E-state index contributed by atoms with van der Waals surface area (Å²) >= 11 is 1.70. The lowest BCUT2D eigenvalue weighted by atomic mass is 9.99. The first-order valence-electron chi connectivity index (χ1n) is 7.91. The Bertz CT molecular complexity index is 468. The zero-order valence-electron chi connectivity index (χ0n) is 12.3. The van der Waals surface area contributed by atoms with Gasteiger partial charge >= 0.3 is 0 Å². The molecule has 1 fully saturated rings. The van der Waals surface area contributed by atoms with Gasteiger partial charge in [0.25, 0.3) is 5.91 Å². The molecule has 5 heteroatoms. The number of amides is 1. The van der Waals surface area contributed by atoms with Crippen LogP contribution in [-0.2, 0) is 17.6 Å². The van der Waals surface area contributed by atoms with E-state index in [1.807, 2.05) is 4.90 Å². The zero-order chi connectivity index (χ0) is 14.7. The number of aryl methyl sites for hydroxylation is 2. The van der Waals surface area contributed by atoms with Gasteiger partial charge in [0.2, 0.25) is 0 Å². The van der Waals surface area contributed by atoms with E-state index in [1.54, 1.807) is 11.3 Å². The summed E-state index contributed by atoms with van der Waals surface area (Å²) in [5.74, 6) is 0.190. The SMILES string of the molecule is O=C(c1cc2c(s1)CCCC2)N1CCC(OCCO)CC1. The summed E-state index contributed by atoms with van der Waals surface area (Å²) < 4.78 is 5.55. The number of piperidine rings is 1. The van der Waals surface area contributed by atoms with Crippen LogP contribution in [0.25, 0.3) is 0 Å². The number of ether oxygens (including phenoxy) is 1. The van der Waals surface area contributed by atoms with Crippen LogP contribution in [0.4, 0.5) is 0 Å². The van der Waals surface area contributed by atoms with Crippen LogP contribution >= 0.6 is 11.3 Å². The molecule has 0 unspecified atom stereocenters. The highest BCUT2D eigenvalue weighted by molar-refractivity contribution is 7.14. The van der Waals surface area contributed by atoms with Crippen molar-refractivity contribution >= 4 is 17.2 Å². The smallest absolute Gasteiger partial charge is 0.263 e. The quantitative estimate of drug-likeness (QED) is 0.928. The average molecular weight is 309 g/mol. The summed E-state index contributed by atoms with van der Waals surface area (Å²) in [4.78, 5) is 16.9. The number of hydrogen-bond acceptors (Lipinski definition) is 4. The van der Waals surface area contributed by atoms with Crippen LogP contribution in [0.1, 0.15) is 45.8 Å². The van der Waals surface area contributed by atoms with Crippen molar-refractivity contribution in [3.8, 4) is 0 Å². The molecule has 0 radical (unpaired) electrons. The van der Waals surface area contributed by atoms with Crippen LogP contribution in [0.5, 0.6) is 0 Å². The number of aliphatic hydroxyl groups is 1. The second-order valence-corrected chi connectivity index (χ2v) is 6.99. The maximum absolute atomic E-state index is 12.6. The third-order valence-electron chi connectivity index (χ3n) is 4.38. The fourth-order valence-corrected chi connectivity index (χ4v) is 4.42. The fourth-order valence-electron chi connectivity index (χ4n) is 3.20. The van der Waals surface area contributed by atoms with E-state index >= 15 is 0 Å². The summed E-state index contributed by atoms with van der Waals surface area (Å²) in [7, 11) is 0. The Morgan fingerprint density at radius 1 is 1.33 bits per heavy atom. The number of carbonyl (C=O) groups excluding carboxylic acids is 1. The number of hydrogen-bond donors (Lipinski definition) is 1. The van der Waals surface area contributed by atoms with Crippen molar-refractivity contribution in [2.75, 3.05) is 26.3 Å². The van der Waals surface area contributed by atoms with Gasteiger partial charge in [-0.05, 0) is 50.2 Å². The highest BCUT2D eigenvalue weighted by Gasteiger charge is 2.26. The highest BCUT2D eigenvalue weighted by atomic mass is 32.1. The Kier molecular flexibility index (Phi) is 4.93. The molecule has 4 nitrogen and oxygen atoms in total. The van der Waals surface area contributed by atoms with Crippen molar-refractivity contribution in [1.82, 2.24) is 4.90 Å². The second-order valence-electron chi connectivity index (χ2n) is 5.85. The Morgan fingerprint density at radius 3 is 2.81 bits per heavy atom. The lowest BCUT2D eigenvalue weighted by Crippen LogP contribution is -2.40. The molecule has 1 amide bonds. The average Bonchev–Trinajstić information content (AvgIpc) is 2.96. The van der Waals surface area contributed by atoms with Crippen molar-refractivity contribution in [3.05, 3.63) is 21.4 Å². The van der Waals surface area contributed by atoms with Gasteiger partial charge in [0.15, 0.2) is 0 Å². The number of thiophene rings is 1. The van der Waals surface area contributed by atoms with Crippen LogP contribution in [0.3, 0.4) is 0 Å². The van der Waals surface area contributed by atoms with Gasteiger partial charge < -0.3 is 14.7 Å². The number of fused-ring (bicyclic) bond motifs is 1. The second kappa shape index (κ2) is 6.90. The lowest BCUT2D eigenvalue weighted by Gasteiger charge is -2.31. The van der Waals surface area contributed by atoms with Gasteiger partial charge in [0.1, 0.15) is 0 Å². The summed E-state index contributed by atoms with van der Waals surface area (Å²) in [6.07, 6.45) is 6.73. The number of rotatable bonds is 4. The maximum Gasteiger partial charge on any atom is 0.263 e. The van der Waals surface area contributed by atoms with Gasteiger partial charge in [0.05, 0.1) is 24.2 Å². The molecule has 1 aliphatic carbocycles. The molecule has 0 bridgehead atoms. The fraction of sp³-hybridized carbons (Fsp3) is 0.688. The molecule has 116 valence electrons. The summed E-state index contributed by atoms with van der Waals surface area (Å²) in [5.41, 5.74) is 1.40. The normalized spacial score (nSPS) is 19.6. The molecule has 1 aromatic heterocycles. The predicted octanol–water partition coefficient (Wildman–Crippen LogP) is 2.24. The topological polar surface area (TPSA) is 49.8 Å². The molecule has 0 spiro atoms. The van der Waals surface area contributed by atoms with Crippen LogP contribution in [0.15, 0.2) is 6.07 Å². The van der Waals surface area contributed by atoms with Crippen molar-refractivity contribution in [1.29, 1.82) is 0 Å². The number of likely N-dealkylation sites (tertiary alicyclic amines) is 1. The van der Waals surface area contributed by atoms with E-state index in [-0.39, 0.29) is 18.6 Å². The van der Waals surface area contributed by atoms with Gasteiger partial charge in [-0.1, -0.05) is 0 Å². The molecule has 1 aliphatic heterocycles. The summed E-state index contributed by atoms with van der Waals surface area (Å²) in [6, 6.07) is 2.12. The van der Waals surface area contributed by atoms with E-state index in [4.69, 9.17) is 9.84 Å². The Morgan fingerprint density at radius 2 is 2.10 bits per heavy atom. The first-order valence-corrected chi connectivity index (χ1v) is 8.73. The van der Waals surface area contributed by atoms with Gasteiger partial charge in [0, 0.05) is 18.0 Å². The van der Waals surface area contributed by atoms with Crippen molar-refractivity contribution in [3.63, 3.8) is 0 Å². The van der Waals surface area contributed by atoms with E-state index in [0.717, 1.165) is 43.6 Å². The molecule has 0 atom stereocenters. The number of aliphatic hydroxyl groups excluding tert-OH is 1. The maximum atomic E-state index is 12.6. The van der Waals surface area contributed by atoms with Gasteiger partial charge in [-0.25, -0.2) is 0 Å². The molecule has 21 heavy (non-hydrogen) atoms. The van der Waals surface area contributed by atoms with Crippen molar-refractivity contribution in [2.24, 2.45) is 0 Å². The van der Waals surface area contributed by atoms with Gasteiger partial charge in [-0.2, -0.15) is 0 Å². The Balaban J connectivity index is 1.57. The van der Waals surface area contributed by atoms with Crippen LogP contribution in [-0.4, -0.2) is 48.3 Å². The van der Waals surface area contributed by atoms with Crippen LogP contribution in [0, 0.1) is 0 Å². The highest BCUT2D eigenvalue weighted by Crippen LogP contribution is 2.30. The standard InChI is InChI=1S/C16H23NO3S/c18-9-10-20-13-5-7-17(8-6-13)16(19)15-11-12-3-1-2-4-14(12)21-15/h11,13,18H,1-10H2. The molecule has 0 aromatic carbocycles. The third kappa shape index (κ3) is 3.47. The van der Waals surface area contributed by atoms with Crippen molar-refractivity contribution < 1.29 is 14.6 Å². The molecule has 2 heterocycles. The molecular weight excluding hydrogens is 286 g/mol. The van der Waals surface area contributed by atoms with Crippen molar-refractivity contribution in [2.45, 2.75) is 44.6 Å². The zero-order valence-corrected chi connectivity index (χ0v) is 13.2. The number of nitrogens with zero attached hydrogens (tertiary/aromatic N) is 1. The van der Waals surface area contributed by atoms with Gasteiger partial charge in [-0.15, -0.1) is 11.3 Å². The van der Waals surface area contributed by atoms with E-state index in [0.29, 0.717) is 6.61 Å². The van der Waals surface area contributed by atoms with Gasteiger partial charge in [-0.3, -0.25) is 4.79 Å². The molecule has 2 aliphatic rings. The monoisotopic (exact) mass is 309 g/mol. The lowest BCUT2D eigenvalue weighted by molar-refractivity contribution is -0.00545. The van der Waals surface area contributed by atoms with Crippen LogP contribution in [0.2, 0.25) is 0 Å². The first-order chi connectivity index (χ1) is 10.3. The van der Waals surface area contributed by atoms with E-state index in [9.17, 15) is 4.79 Å². The minimum absolute atomic E-state index is 0.0693. The van der Waals surface area contributed by atoms with E-state index in [2.05, 4.69) is 6.07 Å². The van der Waals surface area contributed by atoms with E-state index < -0.39 is 0 Å². The third-order valence-corrected chi connectivity index (χ3v) is 5.61. The minimum atomic E-state index is 0.0693. The first kappa shape index (κ1) is 15.0. The van der Waals surface area contributed by atoms with Crippen LogP contribution < -0.4 is 0 Å². The largest absolute Gasteiger partial charge is 0.394 e. The molecule has 3 rings (SSSR count). The number of carbonyl (C=O) groups is 1. The predicted molar refractivity (Wildman–Crippen MR) is 82.9 cm³/mol. The minimum Gasteiger partial charge on any atom is -0.394 e. The molecule has 1 N–H and O–H groups in total. The van der Waals surface area contributed by atoms with E-state index in [1.165, 1.54) is 23.3 Å². The Hall–Kier alpha value is -0.910. The molecule has 1 aromatic rings.